The van der Waals surface area contributed by atoms with E-state index in [2.05, 4.69) is 20.5 Å². The molecule has 0 radical (unpaired) electrons. The van der Waals surface area contributed by atoms with Gasteiger partial charge < -0.3 is 15.0 Å². The Hall–Kier alpha value is -4.42. The van der Waals surface area contributed by atoms with Gasteiger partial charge in [-0.2, -0.15) is 23.4 Å². The molecule has 198 valence electrons. The predicted molar refractivity (Wildman–Crippen MR) is 131 cm³/mol. The molecular weight excluding hydrogens is 503 g/mol. The van der Waals surface area contributed by atoms with Gasteiger partial charge in [-0.15, -0.1) is 0 Å². The molecule has 2 amide bonds. The number of benzene rings is 1. The number of carbonyl (C=O) groups is 2. The maximum absolute atomic E-state index is 13.9. The molecule has 1 fully saturated rings. The van der Waals surface area contributed by atoms with Gasteiger partial charge in [-0.25, -0.2) is 9.50 Å². The number of aromatic nitrogens is 5. The van der Waals surface area contributed by atoms with Crippen molar-refractivity contribution in [1.29, 1.82) is 0 Å². The summed E-state index contributed by atoms with van der Waals surface area (Å²) in [7, 11) is 3.07. The van der Waals surface area contributed by atoms with Crippen LogP contribution in [0.3, 0.4) is 0 Å². The first kappa shape index (κ1) is 25.2. The van der Waals surface area contributed by atoms with Crippen molar-refractivity contribution in [2.24, 2.45) is 7.05 Å². The van der Waals surface area contributed by atoms with Crippen LogP contribution in [0, 0.1) is 0 Å². The first-order valence-electron chi connectivity index (χ1n) is 11.9. The number of hydrogen-bond donors (Lipinski definition) is 1. The molecule has 1 aromatic carbocycles. The number of ether oxygens (including phenoxy) is 1. The molecule has 0 atom stereocenters. The second-order valence-electron chi connectivity index (χ2n) is 8.89. The van der Waals surface area contributed by atoms with Crippen LogP contribution in [0.4, 0.5) is 18.9 Å². The van der Waals surface area contributed by atoms with E-state index in [1.807, 2.05) is 0 Å². The van der Waals surface area contributed by atoms with Crippen molar-refractivity contribution >= 4 is 23.1 Å². The average molecular weight is 528 g/mol. The van der Waals surface area contributed by atoms with Gasteiger partial charge in [-0.1, -0.05) is 0 Å². The molecule has 4 heterocycles. The van der Waals surface area contributed by atoms with Crippen molar-refractivity contribution in [2.45, 2.75) is 25.4 Å². The van der Waals surface area contributed by atoms with Crippen molar-refractivity contribution in [1.82, 2.24) is 29.3 Å². The van der Waals surface area contributed by atoms with E-state index in [4.69, 9.17) is 4.74 Å². The van der Waals surface area contributed by atoms with Crippen molar-refractivity contribution < 1.29 is 27.5 Å². The number of carbonyl (C=O) groups excluding carboxylic acids is 2. The zero-order chi connectivity index (χ0) is 27.0. The summed E-state index contributed by atoms with van der Waals surface area (Å²) >= 11 is 0. The fourth-order valence-electron chi connectivity index (χ4n) is 4.41. The summed E-state index contributed by atoms with van der Waals surface area (Å²) in [5.74, 6) is -0.529. The summed E-state index contributed by atoms with van der Waals surface area (Å²) in [6.45, 7) is 1.21. The van der Waals surface area contributed by atoms with Crippen LogP contribution >= 0.6 is 0 Å². The van der Waals surface area contributed by atoms with E-state index in [0.717, 1.165) is 25.3 Å². The molecule has 1 saturated heterocycles. The topological polar surface area (TPSA) is 107 Å². The highest BCUT2D eigenvalue weighted by molar-refractivity contribution is 6.07. The fourth-order valence-corrected chi connectivity index (χ4v) is 4.41. The zero-order valence-electron chi connectivity index (χ0n) is 20.6. The Kier molecular flexibility index (Phi) is 6.51. The van der Waals surface area contributed by atoms with Gasteiger partial charge in [0, 0.05) is 31.8 Å². The number of piperidine rings is 1. The van der Waals surface area contributed by atoms with Gasteiger partial charge in [0.1, 0.15) is 11.4 Å². The summed E-state index contributed by atoms with van der Waals surface area (Å²) in [5.41, 5.74) is -0.729. The Labute approximate surface area is 215 Å². The summed E-state index contributed by atoms with van der Waals surface area (Å²) in [6.07, 6.45) is -0.619. The first-order chi connectivity index (χ1) is 18.2. The highest BCUT2D eigenvalue weighted by Crippen LogP contribution is 2.33. The third-order valence-corrected chi connectivity index (χ3v) is 6.37. The lowest BCUT2D eigenvalue weighted by Gasteiger charge is -2.27. The number of likely N-dealkylation sites (tertiary alicyclic amines) is 1. The number of aryl methyl sites for hydroxylation is 1. The summed E-state index contributed by atoms with van der Waals surface area (Å²) in [4.78, 5) is 32.1. The van der Waals surface area contributed by atoms with Crippen LogP contribution in [0.2, 0.25) is 0 Å². The number of halogens is 3. The number of nitrogens with zero attached hydrogens (tertiary/aromatic N) is 6. The van der Waals surface area contributed by atoms with Crippen molar-refractivity contribution in [3.63, 3.8) is 0 Å². The van der Waals surface area contributed by atoms with Crippen LogP contribution < -0.4 is 10.1 Å². The normalized spacial score (nSPS) is 14.1. The first-order valence-corrected chi connectivity index (χ1v) is 11.9. The summed E-state index contributed by atoms with van der Waals surface area (Å²) < 4.78 is 48.9. The smallest absolute Gasteiger partial charge is 0.433 e. The number of rotatable bonds is 5. The van der Waals surface area contributed by atoms with Crippen LogP contribution in [0.15, 0.2) is 42.6 Å². The number of amides is 2. The number of fused-ring (bicyclic) bond motifs is 1. The molecule has 1 aliphatic rings. The summed E-state index contributed by atoms with van der Waals surface area (Å²) in [6, 6.07) is 8.44. The molecule has 0 spiro atoms. The molecule has 0 aliphatic carbocycles. The Morgan fingerprint density at radius 2 is 1.76 bits per heavy atom. The standard InChI is InChI=1S/C25H24F3N7O3/c1-33-22(24(37)34-10-4-3-5-11-34)19(14-29-33)31-23(36)18-13-21-30-17(15-6-8-16(38-2)9-7-15)12-20(25(26,27)28)35(21)32-18/h6-9,12-14H,3-5,10-11H2,1-2H3,(H,31,36). The van der Waals surface area contributed by atoms with Gasteiger partial charge in [0.15, 0.2) is 17.0 Å². The van der Waals surface area contributed by atoms with Gasteiger partial charge in [0.25, 0.3) is 11.8 Å². The number of anilines is 1. The minimum Gasteiger partial charge on any atom is -0.497 e. The molecule has 10 nitrogen and oxygen atoms in total. The monoisotopic (exact) mass is 527 g/mol. The van der Waals surface area contributed by atoms with Crippen LogP contribution in [-0.2, 0) is 13.2 Å². The highest BCUT2D eigenvalue weighted by atomic mass is 19.4. The molecule has 13 heteroatoms. The van der Waals surface area contributed by atoms with E-state index in [-0.39, 0.29) is 34.3 Å². The minimum absolute atomic E-state index is 0.0565. The van der Waals surface area contributed by atoms with E-state index in [9.17, 15) is 22.8 Å². The van der Waals surface area contributed by atoms with Crippen molar-refractivity contribution in [2.75, 3.05) is 25.5 Å². The Balaban J connectivity index is 1.48. The largest absolute Gasteiger partial charge is 0.497 e. The van der Waals surface area contributed by atoms with E-state index in [1.165, 1.54) is 24.1 Å². The maximum Gasteiger partial charge on any atom is 0.433 e. The second kappa shape index (κ2) is 9.80. The van der Waals surface area contributed by atoms with Gasteiger partial charge >= 0.3 is 6.18 Å². The van der Waals surface area contributed by atoms with Gasteiger partial charge in [-0.3, -0.25) is 14.3 Å². The number of nitrogens with one attached hydrogen (secondary N) is 1. The predicted octanol–water partition coefficient (Wildman–Crippen LogP) is 4.04. The Bertz CT molecular complexity index is 1500. The second-order valence-corrected chi connectivity index (χ2v) is 8.89. The number of alkyl halides is 3. The van der Waals surface area contributed by atoms with Gasteiger partial charge in [-0.05, 0) is 49.6 Å². The molecule has 0 unspecified atom stereocenters. The van der Waals surface area contributed by atoms with Gasteiger partial charge in [0.05, 0.1) is 24.7 Å². The van der Waals surface area contributed by atoms with E-state index in [0.29, 0.717) is 28.9 Å². The number of methoxy groups -OCH3 is 1. The van der Waals surface area contributed by atoms with Crippen molar-refractivity contribution in [3.8, 4) is 17.0 Å². The Morgan fingerprint density at radius 1 is 1.05 bits per heavy atom. The van der Waals surface area contributed by atoms with Gasteiger partial charge in [0.2, 0.25) is 0 Å². The number of hydrogen-bond acceptors (Lipinski definition) is 6. The highest BCUT2D eigenvalue weighted by Gasteiger charge is 2.36. The molecule has 0 saturated carbocycles. The molecule has 5 rings (SSSR count). The molecule has 1 N–H and O–H groups in total. The summed E-state index contributed by atoms with van der Waals surface area (Å²) in [5, 5.41) is 10.6. The lowest BCUT2D eigenvalue weighted by molar-refractivity contribution is -0.142. The van der Waals surface area contributed by atoms with E-state index in [1.54, 1.807) is 36.2 Å². The van der Waals surface area contributed by atoms with Crippen LogP contribution in [0.1, 0.15) is 45.9 Å². The molecule has 0 bridgehead atoms. The zero-order valence-corrected chi connectivity index (χ0v) is 20.6. The quantitative estimate of drug-likeness (QED) is 0.420. The minimum atomic E-state index is -4.76. The molecule has 38 heavy (non-hydrogen) atoms. The van der Waals surface area contributed by atoms with E-state index < -0.39 is 17.8 Å². The molecule has 1 aliphatic heterocycles. The fraction of sp³-hybridized carbons (Fsp3) is 0.320. The Morgan fingerprint density at radius 3 is 2.42 bits per heavy atom. The van der Waals surface area contributed by atoms with Crippen LogP contribution in [-0.4, -0.2) is 61.3 Å². The lowest BCUT2D eigenvalue weighted by atomic mass is 10.1. The average Bonchev–Trinajstić information content (AvgIpc) is 3.51. The molecular formula is C25H24F3N7O3. The lowest BCUT2D eigenvalue weighted by Crippen LogP contribution is -2.37. The third-order valence-electron chi connectivity index (χ3n) is 6.37. The van der Waals surface area contributed by atoms with Crippen LogP contribution in [0.25, 0.3) is 16.9 Å². The maximum atomic E-state index is 13.9. The molecule has 3 aromatic heterocycles. The van der Waals surface area contributed by atoms with Crippen LogP contribution in [0.5, 0.6) is 5.75 Å². The van der Waals surface area contributed by atoms with Crippen molar-refractivity contribution in [3.05, 3.63) is 59.7 Å². The third kappa shape index (κ3) is 4.78. The SMILES string of the molecule is COc1ccc(-c2cc(C(F)(F)F)n3nc(C(=O)Nc4cnn(C)c4C(=O)N4CCCCC4)cc3n2)cc1. The molecule has 4 aromatic rings. The van der Waals surface area contributed by atoms with E-state index >= 15 is 0 Å².